The molecule has 0 amide bonds. The highest BCUT2D eigenvalue weighted by Crippen LogP contribution is 2.20. The second-order valence-electron chi connectivity index (χ2n) is 3.75. The smallest absolute Gasteiger partial charge is 0.0409 e. The fourth-order valence-corrected chi connectivity index (χ4v) is 2.32. The summed E-state index contributed by atoms with van der Waals surface area (Å²) in [6.45, 7) is 0. The Bertz CT molecular complexity index is 535. The molecule has 2 aromatic carbocycles. The molecular weight excluding hydrogens is 268 g/mol. The van der Waals surface area contributed by atoms with Crippen LogP contribution in [0.4, 0.5) is 0 Å². The average Bonchev–Trinajstić information content (AvgIpc) is 2.30. The van der Waals surface area contributed by atoms with Gasteiger partial charge in [-0.3, -0.25) is 0 Å². The fraction of sp³-hybridized carbons (Fsp3) is 0.0714. The molecule has 0 N–H and O–H groups in total. The van der Waals surface area contributed by atoms with E-state index < -0.39 is 0 Å². The van der Waals surface area contributed by atoms with Crippen LogP contribution in [-0.2, 0) is 19.0 Å². The maximum absolute atomic E-state index is 6.01. The van der Waals surface area contributed by atoms with Crippen molar-refractivity contribution in [2.75, 3.05) is 0 Å². The van der Waals surface area contributed by atoms with Crippen LogP contribution in [0.15, 0.2) is 48.5 Å². The largest absolute Gasteiger partial charge is 0.428 e. The molecule has 0 atom stereocenters. The molecule has 0 saturated carbocycles. The summed E-state index contributed by atoms with van der Waals surface area (Å²) in [6, 6.07) is 15.9. The van der Waals surface area contributed by atoms with Gasteiger partial charge in [0.1, 0.15) is 0 Å². The molecule has 86 valence electrons. The molecule has 0 unspecified atom stereocenters. The van der Waals surface area contributed by atoms with E-state index in [1.165, 1.54) is 5.56 Å². The minimum atomic E-state index is 0.493. The lowest BCUT2D eigenvalue weighted by Crippen LogP contribution is -2.00. The molecule has 0 aliphatic heterocycles. The predicted molar refractivity (Wildman–Crippen MR) is 79.8 cm³/mol. The molecule has 0 aliphatic rings. The van der Waals surface area contributed by atoms with Crippen LogP contribution in [0.3, 0.4) is 0 Å². The van der Waals surface area contributed by atoms with Gasteiger partial charge in [-0.1, -0.05) is 48.0 Å². The van der Waals surface area contributed by atoms with Crippen molar-refractivity contribution in [1.29, 1.82) is 0 Å². The van der Waals surface area contributed by atoms with Crippen molar-refractivity contribution in [3.05, 3.63) is 70.2 Å². The van der Waals surface area contributed by atoms with Gasteiger partial charge in [-0.05, 0) is 35.2 Å². The van der Waals surface area contributed by atoms with Gasteiger partial charge >= 0.3 is 0 Å². The third-order valence-corrected chi connectivity index (χ3v) is 3.20. The van der Waals surface area contributed by atoms with E-state index >= 15 is 0 Å². The Labute approximate surface area is 117 Å². The van der Waals surface area contributed by atoms with E-state index in [2.05, 4.69) is 12.1 Å². The van der Waals surface area contributed by atoms with E-state index in [1.807, 2.05) is 36.4 Å². The minimum absolute atomic E-state index is 0.493. The summed E-state index contributed by atoms with van der Waals surface area (Å²) in [4.78, 5) is 0. The van der Waals surface area contributed by atoms with Crippen LogP contribution in [0.5, 0.6) is 0 Å². The highest BCUT2D eigenvalue weighted by atomic mass is 35.5. The van der Waals surface area contributed by atoms with Crippen LogP contribution in [0, 0.1) is 0 Å². The Morgan fingerprint density at radius 2 is 1.82 bits per heavy atom. The summed E-state index contributed by atoms with van der Waals surface area (Å²) in [5.74, 6) is 0. The number of rotatable bonds is 3. The highest BCUT2D eigenvalue weighted by Gasteiger charge is 2.03. The molecule has 2 aromatic rings. The van der Waals surface area contributed by atoms with Gasteiger partial charge in [0, 0.05) is 5.02 Å². The Balaban J connectivity index is 2.37. The van der Waals surface area contributed by atoms with E-state index in [0.29, 0.717) is 9.22 Å². The lowest BCUT2D eigenvalue weighted by Gasteiger charge is -2.13. The van der Waals surface area contributed by atoms with Crippen LogP contribution < -0.4 is 0 Å². The molecule has 0 bridgehead atoms. The third kappa shape index (κ3) is 3.25. The average molecular weight is 278 g/mol. The quantitative estimate of drug-likeness (QED) is 0.610. The lowest BCUT2D eigenvalue weighted by atomic mass is 10.0. The van der Waals surface area contributed by atoms with Crippen molar-refractivity contribution in [2.24, 2.45) is 0 Å². The van der Waals surface area contributed by atoms with Gasteiger partial charge in [0.15, 0.2) is 0 Å². The molecule has 0 spiro atoms. The summed E-state index contributed by atoms with van der Waals surface area (Å²) < 4.78 is 0.493. The first-order chi connectivity index (χ1) is 8.16. The van der Waals surface area contributed by atoms with Crippen molar-refractivity contribution < 1.29 is 0 Å². The van der Waals surface area contributed by atoms with Crippen LogP contribution in [0.1, 0.15) is 16.7 Å². The highest BCUT2D eigenvalue weighted by molar-refractivity contribution is 8.01. The molecule has 0 saturated heterocycles. The third-order valence-electron chi connectivity index (χ3n) is 2.52. The van der Waals surface area contributed by atoms with E-state index in [4.69, 9.17) is 36.4 Å². The van der Waals surface area contributed by atoms with E-state index in [9.17, 15) is 0 Å². The van der Waals surface area contributed by atoms with Crippen LogP contribution in [0.2, 0.25) is 5.02 Å². The SMILES string of the molecule is S=C([S-])c1ccc(Cl)cc1Cc1ccccc1. The van der Waals surface area contributed by atoms with Gasteiger partial charge in [-0.15, -0.1) is 4.20 Å². The van der Waals surface area contributed by atoms with Crippen molar-refractivity contribution in [3.63, 3.8) is 0 Å². The van der Waals surface area contributed by atoms with Crippen LogP contribution >= 0.6 is 23.8 Å². The fourth-order valence-electron chi connectivity index (χ4n) is 1.72. The molecule has 0 aliphatic carbocycles. The first kappa shape index (κ1) is 12.5. The normalized spacial score (nSPS) is 10.2. The van der Waals surface area contributed by atoms with E-state index in [-0.39, 0.29) is 0 Å². The van der Waals surface area contributed by atoms with Gasteiger partial charge < -0.3 is 24.8 Å². The number of hydrogen-bond acceptors (Lipinski definition) is 2. The summed E-state index contributed by atoms with van der Waals surface area (Å²) in [5.41, 5.74) is 3.24. The zero-order chi connectivity index (χ0) is 12.3. The first-order valence-corrected chi connectivity index (χ1v) is 6.40. The Morgan fingerprint density at radius 3 is 2.47 bits per heavy atom. The first-order valence-electron chi connectivity index (χ1n) is 5.20. The molecule has 3 heteroatoms. The molecule has 0 fully saturated rings. The van der Waals surface area contributed by atoms with Gasteiger partial charge in [0.2, 0.25) is 0 Å². The topological polar surface area (TPSA) is 0 Å². The Kier molecular flexibility index (Phi) is 4.11. The summed E-state index contributed by atoms with van der Waals surface area (Å²) in [6.07, 6.45) is 0.799. The van der Waals surface area contributed by atoms with Crippen LogP contribution in [-0.4, -0.2) is 4.20 Å². The monoisotopic (exact) mass is 277 g/mol. The lowest BCUT2D eigenvalue weighted by molar-refractivity contribution is 1.19. The van der Waals surface area contributed by atoms with Crippen molar-refractivity contribution >= 4 is 40.6 Å². The van der Waals surface area contributed by atoms with E-state index in [0.717, 1.165) is 17.5 Å². The molecule has 0 heterocycles. The molecular formula is C14H10ClS2-. The minimum Gasteiger partial charge on any atom is -0.428 e. The summed E-state index contributed by atoms with van der Waals surface area (Å²) in [5, 5.41) is 0.714. The second kappa shape index (κ2) is 5.58. The van der Waals surface area contributed by atoms with Crippen LogP contribution in [0.25, 0.3) is 0 Å². The zero-order valence-corrected chi connectivity index (χ0v) is 11.4. The maximum Gasteiger partial charge on any atom is 0.0409 e. The second-order valence-corrected chi connectivity index (χ2v) is 5.26. The predicted octanol–water partition coefficient (Wildman–Crippen LogP) is 4.15. The Morgan fingerprint density at radius 1 is 1.12 bits per heavy atom. The van der Waals surface area contributed by atoms with Gasteiger partial charge in [0.05, 0.1) is 0 Å². The van der Waals surface area contributed by atoms with E-state index in [1.54, 1.807) is 0 Å². The van der Waals surface area contributed by atoms with Crippen molar-refractivity contribution in [3.8, 4) is 0 Å². The number of benzene rings is 2. The molecule has 17 heavy (non-hydrogen) atoms. The maximum atomic E-state index is 6.01. The van der Waals surface area contributed by atoms with Crippen molar-refractivity contribution in [1.82, 2.24) is 0 Å². The standard InChI is InChI=1S/C14H11ClS2/c15-12-6-7-13(14(16)17)11(9-12)8-10-4-2-1-3-5-10/h1-7,9H,8H2,(H,16,17)/p-1. The molecule has 0 nitrogen and oxygen atoms in total. The number of hydrogen-bond donors (Lipinski definition) is 0. The summed E-state index contributed by atoms with van der Waals surface area (Å²) in [7, 11) is 0. The zero-order valence-electron chi connectivity index (χ0n) is 9.02. The van der Waals surface area contributed by atoms with Gasteiger partial charge in [-0.2, -0.15) is 0 Å². The van der Waals surface area contributed by atoms with Gasteiger partial charge in [-0.25, -0.2) is 0 Å². The summed E-state index contributed by atoms with van der Waals surface area (Å²) >= 11 is 16.2. The van der Waals surface area contributed by atoms with Gasteiger partial charge in [0.25, 0.3) is 0 Å². The number of thiocarbonyl (C=S) groups is 1. The molecule has 0 radical (unpaired) electrons. The number of halogens is 1. The Hall–Kier alpha value is -0.960. The molecule has 0 aromatic heterocycles. The van der Waals surface area contributed by atoms with Crippen molar-refractivity contribution in [2.45, 2.75) is 6.42 Å². The molecule has 2 rings (SSSR count).